The van der Waals surface area contributed by atoms with Crippen LogP contribution in [0.15, 0.2) is 84.9 Å². The first-order valence-electron chi connectivity index (χ1n) is 8.62. The van der Waals surface area contributed by atoms with Crippen molar-refractivity contribution in [2.24, 2.45) is 0 Å². The van der Waals surface area contributed by atoms with E-state index in [9.17, 15) is 5.11 Å². The average molecular weight is 346 g/mol. The van der Waals surface area contributed by atoms with Gasteiger partial charge in [0.25, 0.3) is 0 Å². The molecule has 0 spiro atoms. The fourth-order valence-corrected chi connectivity index (χ4v) is 2.58. The monoisotopic (exact) mass is 346 g/mol. The molecular weight excluding hydrogens is 328 g/mol. The lowest BCUT2D eigenvalue weighted by molar-refractivity contribution is 0.164. The Bertz CT molecular complexity index is 1030. The van der Waals surface area contributed by atoms with E-state index in [1.807, 2.05) is 84.9 Å². The van der Waals surface area contributed by atoms with Crippen molar-refractivity contribution in [2.75, 3.05) is 0 Å². The minimum atomic E-state index is -1.63. The molecule has 1 heteroatoms. The van der Waals surface area contributed by atoms with Gasteiger partial charge in [0, 0.05) is 22.3 Å². The van der Waals surface area contributed by atoms with Crippen molar-refractivity contribution in [3.05, 3.63) is 107 Å². The van der Waals surface area contributed by atoms with Gasteiger partial charge in [0.05, 0.1) is 0 Å². The van der Waals surface area contributed by atoms with Crippen molar-refractivity contribution in [3.63, 3.8) is 0 Å². The standard InChI is InChI=1S/C26H18O/c1-2-11-24-16-9-10-17-25(24)26(27,20-18-22-12-5-3-6-13-22)21-19-23-14-7-4-8-15-23/h3-10,12-17,27H,1H3. The third-order valence-corrected chi connectivity index (χ3v) is 3.90. The Kier molecular flexibility index (Phi) is 5.77. The molecule has 27 heavy (non-hydrogen) atoms. The summed E-state index contributed by atoms with van der Waals surface area (Å²) in [5.41, 5.74) is 1.30. The number of hydrogen-bond acceptors (Lipinski definition) is 1. The van der Waals surface area contributed by atoms with Crippen molar-refractivity contribution < 1.29 is 5.11 Å². The minimum absolute atomic E-state index is 0.589. The van der Waals surface area contributed by atoms with Crippen LogP contribution in [0.2, 0.25) is 0 Å². The Morgan fingerprint density at radius 1 is 0.630 bits per heavy atom. The molecule has 1 N–H and O–H groups in total. The van der Waals surface area contributed by atoms with E-state index in [4.69, 9.17) is 0 Å². The van der Waals surface area contributed by atoms with Gasteiger partial charge in [0.15, 0.2) is 0 Å². The normalized spacial score (nSPS) is 9.70. The third kappa shape index (κ3) is 4.68. The molecule has 3 aromatic carbocycles. The van der Waals surface area contributed by atoms with E-state index < -0.39 is 5.60 Å². The Hall–Kier alpha value is -3.70. The Labute approximate surface area is 160 Å². The molecule has 0 heterocycles. The molecule has 0 atom stereocenters. The lowest BCUT2D eigenvalue weighted by Crippen LogP contribution is -2.23. The van der Waals surface area contributed by atoms with Gasteiger partial charge in [-0.1, -0.05) is 72.4 Å². The maximum absolute atomic E-state index is 11.4. The Balaban J connectivity index is 2.14. The fraction of sp³-hybridized carbons (Fsp3) is 0.0769. The van der Waals surface area contributed by atoms with Gasteiger partial charge in [-0.05, 0) is 49.1 Å². The van der Waals surface area contributed by atoms with Gasteiger partial charge in [0.1, 0.15) is 0 Å². The maximum Gasteiger partial charge on any atom is 0.215 e. The summed E-state index contributed by atoms with van der Waals surface area (Å²) in [6.45, 7) is 1.77. The predicted octanol–water partition coefficient (Wildman–Crippen LogP) is 4.35. The van der Waals surface area contributed by atoms with Gasteiger partial charge in [-0.2, -0.15) is 0 Å². The van der Waals surface area contributed by atoms with E-state index in [0.717, 1.165) is 11.1 Å². The van der Waals surface area contributed by atoms with Gasteiger partial charge in [-0.15, -0.1) is 5.92 Å². The van der Waals surface area contributed by atoms with E-state index in [-0.39, 0.29) is 0 Å². The molecule has 0 radical (unpaired) electrons. The zero-order chi connectivity index (χ0) is 19.0. The summed E-state index contributed by atoms with van der Waals surface area (Å²) >= 11 is 0. The lowest BCUT2D eigenvalue weighted by Gasteiger charge is -2.18. The van der Waals surface area contributed by atoms with Gasteiger partial charge in [0.2, 0.25) is 5.60 Å². The van der Waals surface area contributed by atoms with E-state index in [1.165, 1.54) is 0 Å². The summed E-state index contributed by atoms with van der Waals surface area (Å²) in [4.78, 5) is 0. The first kappa shape index (κ1) is 18.1. The second-order valence-corrected chi connectivity index (χ2v) is 5.86. The molecule has 1 nitrogen and oxygen atoms in total. The van der Waals surface area contributed by atoms with Crippen LogP contribution < -0.4 is 0 Å². The maximum atomic E-state index is 11.4. The highest BCUT2D eigenvalue weighted by molar-refractivity contribution is 5.54. The summed E-state index contributed by atoms with van der Waals surface area (Å²) < 4.78 is 0. The molecule has 0 aliphatic carbocycles. The fourth-order valence-electron chi connectivity index (χ4n) is 2.58. The van der Waals surface area contributed by atoms with Crippen LogP contribution in [0, 0.1) is 35.5 Å². The van der Waals surface area contributed by atoms with Gasteiger partial charge >= 0.3 is 0 Å². The number of rotatable bonds is 1. The van der Waals surface area contributed by atoms with Crippen LogP contribution in [0.5, 0.6) is 0 Å². The number of aliphatic hydroxyl groups is 1. The molecule has 0 aliphatic heterocycles. The van der Waals surface area contributed by atoms with Gasteiger partial charge in [-0.25, -0.2) is 0 Å². The van der Waals surface area contributed by atoms with E-state index in [0.29, 0.717) is 11.1 Å². The van der Waals surface area contributed by atoms with E-state index in [2.05, 4.69) is 35.5 Å². The third-order valence-electron chi connectivity index (χ3n) is 3.90. The summed E-state index contributed by atoms with van der Waals surface area (Å²) in [7, 11) is 0. The first-order chi connectivity index (χ1) is 13.2. The van der Waals surface area contributed by atoms with E-state index in [1.54, 1.807) is 6.92 Å². The highest BCUT2D eigenvalue weighted by atomic mass is 16.3. The molecule has 3 rings (SSSR count). The molecule has 0 saturated carbocycles. The molecule has 0 saturated heterocycles. The Morgan fingerprint density at radius 2 is 1.11 bits per heavy atom. The van der Waals surface area contributed by atoms with Crippen LogP contribution in [-0.4, -0.2) is 5.11 Å². The lowest BCUT2D eigenvalue weighted by atomic mass is 9.90. The smallest absolute Gasteiger partial charge is 0.215 e. The molecular formula is C26H18O. The zero-order valence-corrected chi connectivity index (χ0v) is 15.0. The first-order valence-corrected chi connectivity index (χ1v) is 8.62. The second-order valence-electron chi connectivity index (χ2n) is 5.86. The van der Waals surface area contributed by atoms with Crippen LogP contribution in [0.1, 0.15) is 29.2 Å². The highest BCUT2D eigenvalue weighted by Crippen LogP contribution is 2.24. The van der Waals surface area contributed by atoms with Crippen molar-refractivity contribution in [3.8, 4) is 35.5 Å². The zero-order valence-electron chi connectivity index (χ0n) is 15.0. The highest BCUT2D eigenvalue weighted by Gasteiger charge is 2.27. The van der Waals surface area contributed by atoms with Crippen molar-refractivity contribution in [2.45, 2.75) is 12.5 Å². The molecule has 0 amide bonds. The average Bonchev–Trinajstić information content (AvgIpc) is 2.73. The predicted molar refractivity (Wildman–Crippen MR) is 110 cm³/mol. The summed E-state index contributed by atoms with van der Waals surface area (Å²) in [6.07, 6.45) is 0. The molecule has 3 aromatic rings. The second kappa shape index (κ2) is 8.60. The summed E-state index contributed by atoms with van der Waals surface area (Å²) in [6, 6.07) is 26.5. The van der Waals surface area contributed by atoms with Crippen molar-refractivity contribution in [1.29, 1.82) is 0 Å². The molecule has 0 aromatic heterocycles. The largest absolute Gasteiger partial charge is 0.363 e. The Morgan fingerprint density at radius 3 is 1.63 bits per heavy atom. The van der Waals surface area contributed by atoms with Crippen LogP contribution in [0.25, 0.3) is 0 Å². The van der Waals surface area contributed by atoms with Crippen LogP contribution in [0.4, 0.5) is 0 Å². The van der Waals surface area contributed by atoms with Crippen LogP contribution in [0.3, 0.4) is 0 Å². The summed E-state index contributed by atoms with van der Waals surface area (Å²) in [5.74, 6) is 17.9. The minimum Gasteiger partial charge on any atom is -0.363 e. The quantitative estimate of drug-likeness (QED) is 0.650. The van der Waals surface area contributed by atoms with Crippen molar-refractivity contribution in [1.82, 2.24) is 0 Å². The molecule has 0 aliphatic rings. The summed E-state index contributed by atoms with van der Waals surface area (Å²) in [5, 5.41) is 11.4. The van der Waals surface area contributed by atoms with Gasteiger partial charge < -0.3 is 5.11 Å². The number of hydrogen-bond donors (Lipinski definition) is 1. The topological polar surface area (TPSA) is 20.2 Å². The molecule has 128 valence electrons. The van der Waals surface area contributed by atoms with E-state index >= 15 is 0 Å². The molecule has 0 fully saturated rings. The number of benzene rings is 3. The SMILES string of the molecule is CC#Cc1ccccc1C(O)(C#Cc1ccccc1)C#Cc1ccccc1. The molecule has 0 bridgehead atoms. The molecule has 0 unspecified atom stereocenters. The van der Waals surface area contributed by atoms with Crippen molar-refractivity contribution >= 4 is 0 Å². The van der Waals surface area contributed by atoms with Crippen LogP contribution >= 0.6 is 0 Å². The van der Waals surface area contributed by atoms with Crippen LogP contribution in [-0.2, 0) is 5.60 Å². The van der Waals surface area contributed by atoms with Gasteiger partial charge in [-0.3, -0.25) is 0 Å².